The van der Waals surface area contributed by atoms with Crippen LogP contribution in [-0.4, -0.2) is 27.3 Å². The first-order chi connectivity index (χ1) is 12.6. The number of hydrogen-bond acceptors (Lipinski definition) is 4. The van der Waals surface area contributed by atoms with Crippen LogP contribution in [0.2, 0.25) is 0 Å². The Morgan fingerprint density at radius 2 is 2.00 bits per heavy atom. The van der Waals surface area contributed by atoms with E-state index in [-0.39, 0.29) is 11.8 Å². The van der Waals surface area contributed by atoms with Crippen molar-refractivity contribution in [2.45, 2.75) is 31.8 Å². The minimum Gasteiger partial charge on any atom is -0.493 e. The number of hydrogen-bond donors (Lipinski definition) is 1. The summed E-state index contributed by atoms with van der Waals surface area (Å²) in [6, 6.07) is 16.3. The van der Waals surface area contributed by atoms with E-state index in [2.05, 4.69) is 11.4 Å². The van der Waals surface area contributed by atoms with E-state index >= 15 is 0 Å². The smallest absolute Gasteiger partial charge is 0.235 e. The quantitative estimate of drug-likeness (QED) is 0.895. The van der Waals surface area contributed by atoms with Crippen molar-refractivity contribution in [2.24, 2.45) is 0 Å². The van der Waals surface area contributed by atoms with Gasteiger partial charge in [0.2, 0.25) is 10.0 Å². The maximum absolute atomic E-state index is 12.2. The zero-order valence-electron chi connectivity index (χ0n) is 14.7. The van der Waals surface area contributed by atoms with Gasteiger partial charge in [-0.1, -0.05) is 30.3 Å². The van der Waals surface area contributed by atoms with Crippen LogP contribution in [0.5, 0.6) is 5.75 Å². The highest BCUT2D eigenvalue weighted by Gasteiger charge is 2.28. The van der Waals surface area contributed by atoms with Gasteiger partial charge in [0.15, 0.2) is 0 Å². The molecule has 6 heteroatoms. The minimum absolute atomic E-state index is 0.243. The second-order valence-corrected chi connectivity index (χ2v) is 8.89. The number of benzene rings is 2. The highest BCUT2D eigenvalue weighted by Crippen LogP contribution is 2.31. The average Bonchev–Trinajstić information content (AvgIpc) is 2.88. The van der Waals surface area contributed by atoms with Crippen LogP contribution in [0.15, 0.2) is 48.5 Å². The Kier molecular flexibility index (Phi) is 4.87. The van der Waals surface area contributed by atoms with E-state index in [0.29, 0.717) is 19.5 Å². The fraction of sp³-hybridized carbons (Fsp3) is 0.400. The van der Waals surface area contributed by atoms with Gasteiger partial charge < -0.3 is 10.1 Å². The highest BCUT2D eigenvalue weighted by atomic mass is 32.2. The van der Waals surface area contributed by atoms with Crippen LogP contribution >= 0.6 is 0 Å². The Bertz CT molecular complexity index is 882. The van der Waals surface area contributed by atoms with Crippen molar-refractivity contribution in [3.8, 4) is 5.75 Å². The van der Waals surface area contributed by atoms with Crippen molar-refractivity contribution in [1.29, 1.82) is 0 Å². The van der Waals surface area contributed by atoms with Crippen molar-refractivity contribution < 1.29 is 13.2 Å². The minimum atomic E-state index is -3.14. The molecular formula is C20H24N2O3S. The van der Waals surface area contributed by atoms with E-state index in [1.54, 1.807) is 0 Å². The maximum atomic E-state index is 12.2. The molecular weight excluding hydrogens is 348 g/mol. The fourth-order valence-corrected chi connectivity index (χ4v) is 5.29. The van der Waals surface area contributed by atoms with Crippen LogP contribution in [0.4, 0.5) is 5.69 Å². The van der Waals surface area contributed by atoms with Crippen LogP contribution in [0, 0.1) is 0 Å². The van der Waals surface area contributed by atoms with Crippen molar-refractivity contribution >= 4 is 15.7 Å². The SMILES string of the molecule is O=S1(=O)CCCN1c1cccc(CNC2CCCOc3ccccc32)c1. The molecule has 0 spiro atoms. The summed E-state index contributed by atoms with van der Waals surface area (Å²) in [7, 11) is -3.14. The monoisotopic (exact) mass is 372 g/mol. The fourth-order valence-electron chi connectivity index (χ4n) is 3.73. The lowest BCUT2D eigenvalue weighted by Gasteiger charge is -2.20. The lowest BCUT2D eigenvalue weighted by molar-refractivity contribution is 0.315. The van der Waals surface area contributed by atoms with E-state index in [1.807, 2.05) is 42.5 Å². The number of rotatable bonds is 4. The maximum Gasteiger partial charge on any atom is 0.235 e. The molecule has 1 unspecified atom stereocenters. The summed E-state index contributed by atoms with van der Waals surface area (Å²) < 4.78 is 31.7. The molecule has 2 aliphatic heterocycles. The van der Waals surface area contributed by atoms with Crippen molar-refractivity contribution in [2.75, 3.05) is 23.2 Å². The molecule has 26 heavy (non-hydrogen) atoms. The summed E-state index contributed by atoms with van der Waals surface area (Å²) in [6.45, 7) is 2.02. The third-order valence-electron chi connectivity index (χ3n) is 5.04. The standard InChI is InChI=1S/C20H24N2O3S/c23-26(24)13-5-11-22(26)17-7-3-6-16(14-17)15-21-19-9-4-12-25-20-10-2-1-8-18(19)20/h1-3,6-8,10,14,19,21H,4-5,9,11-13,15H2. The molecule has 0 bridgehead atoms. The molecule has 0 saturated carbocycles. The molecule has 0 amide bonds. The number of sulfonamides is 1. The molecule has 2 heterocycles. The van der Waals surface area contributed by atoms with Crippen LogP contribution < -0.4 is 14.4 Å². The summed E-state index contributed by atoms with van der Waals surface area (Å²) in [6.07, 6.45) is 2.74. The second kappa shape index (κ2) is 7.29. The van der Waals surface area contributed by atoms with E-state index < -0.39 is 10.0 Å². The summed E-state index contributed by atoms with van der Waals surface area (Å²) in [5.41, 5.74) is 3.06. The summed E-state index contributed by atoms with van der Waals surface area (Å²) in [5, 5.41) is 3.62. The largest absolute Gasteiger partial charge is 0.493 e. The van der Waals surface area contributed by atoms with Gasteiger partial charge in [-0.2, -0.15) is 0 Å². The van der Waals surface area contributed by atoms with Gasteiger partial charge in [-0.05, 0) is 43.0 Å². The Hall–Kier alpha value is -2.05. The van der Waals surface area contributed by atoms with E-state index in [1.165, 1.54) is 9.87 Å². The first-order valence-electron chi connectivity index (χ1n) is 9.18. The van der Waals surface area contributed by atoms with Gasteiger partial charge in [0.25, 0.3) is 0 Å². The predicted molar refractivity (Wildman–Crippen MR) is 103 cm³/mol. The topological polar surface area (TPSA) is 58.6 Å². The van der Waals surface area contributed by atoms with Gasteiger partial charge in [-0.3, -0.25) is 4.31 Å². The third-order valence-corrected chi connectivity index (χ3v) is 6.91. The molecule has 1 fully saturated rings. The Labute approximate surface area is 155 Å². The van der Waals surface area contributed by atoms with Crippen molar-refractivity contribution in [3.05, 3.63) is 59.7 Å². The first kappa shape index (κ1) is 17.4. The van der Waals surface area contributed by atoms with Gasteiger partial charge >= 0.3 is 0 Å². The normalized spacial score (nSPS) is 21.7. The molecule has 4 rings (SSSR count). The first-order valence-corrected chi connectivity index (χ1v) is 10.8. The zero-order valence-corrected chi connectivity index (χ0v) is 15.5. The molecule has 2 aromatic carbocycles. The molecule has 0 aliphatic carbocycles. The van der Waals surface area contributed by atoms with Gasteiger partial charge in [0.05, 0.1) is 18.0 Å². The molecule has 138 valence electrons. The van der Waals surface area contributed by atoms with E-state index in [9.17, 15) is 8.42 Å². The third kappa shape index (κ3) is 3.57. The number of nitrogens with zero attached hydrogens (tertiary/aromatic N) is 1. The van der Waals surface area contributed by atoms with Crippen molar-refractivity contribution in [1.82, 2.24) is 5.32 Å². The zero-order chi connectivity index (χ0) is 18.0. The number of ether oxygens (including phenoxy) is 1. The van der Waals surface area contributed by atoms with Gasteiger partial charge in [-0.15, -0.1) is 0 Å². The molecule has 5 nitrogen and oxygen atoms in total. The molecule has 1 N–H and O–H groups in total. The number of anilines is 1. The van der Waals surface area contributed by atoms with E-state index in [4.69, 9.17) is 4.74 Å². The Morgan fingerprint density at radius 1 is 1.12 bits per heavy atom. The number of nitrogens with one attached hydrogen (secondary N) is 1. The Morgan fingerprint density at radius 3 is 2.85 bits per heavy atom. The molecule has 2 aliphatic rings. The predicted octanol–water partition coefficient (Wildman–Crippen LogP) is 3.23. The summed E-state index contributed by atoms with van der Waals surface area (Å²) in [4.78, 5) is 0. The van der Waals surface area contributed by atoms with Crippen molar-refractivity contribution in [3.63, 3.8) is 0 Å². The lowest BCUT2D eigenvalue weighted by atomic mass is 10.0. The molecule has 1 atom stereocenters. The highest BCUT2D eigenvalue weighted by molar-refractivity contribution is 7.93. The summed E-state index contributed by atoms with van der Waals surface area (Å²) >= 11 is 0. The average molecular weight is 372 g/mol. The number of fused-ring (bicyclic) bond motifs is 1. The van der Waals surface area contributed by atoms with Gasteiger partial charge in [0, 0.05) is 24.7 Å². The molecule has 0 radical (unpaired) electrons. The van der Waals surface area contributed by atoms with Crippen LogP contribution in [0.1, 0.15) is 36.4 Å². The van der Waals surface area contributed by atoms with Crippen LogP contribution in [0.25, 0.3) is 0 Å². The van der Waals surface area contributed by atoms with E-state index in [0.717, 1.165) is 36.4 Å². The second-order valence-electron chi connectivity index (χ2n) is 6.87. The van der Waals surface area contributed by atoms with Gasteiger partial charge in [0.1, 0.15) is 5.75 Å². The van der Waals surface area contributed by atoms with Crippen LogP contribution in [0.3, 0.4) is 0 Å². The molecule has 0 aromatic heterocycles. The van der Waals surface area contributed by atoms with Gasteiger partial charge in [-0.25, -0.2) is 8.42 Å². The molecule has 2 aromatic rings. The lowest BCUT2D eigenvalue weighted by Crippen LogP contribution is -2.25. The van der Waals surface area contributed by atoms with Crippen LogP contribution in [-0.2, 0) is 16.6 Å². The number of para-hydroxylation sites is 1. The molecule has 1 saturated heterocycles. The Balaban J connectivity index is 1.50. The summed E-state index contributed by atoms with van der Waals surface area (Å²) in [5.74, 6) is 1.20.